The third-order valence-corrected chi connectivity index (χ3v) is 3.76. The molecule has 3 aromatic rings. The number of rotatable bonds is 1. The molecule has 1 heterocycles. The van der Waals surface area contributed by atoms with Crippen molar-refractivity contribution in [1.82, 2.24) is 9.55 Å². The van der Waals surface area contributed by atoms with Crippen LogP contribution in [-0.4, -0.2) is 9.55 Å². The molecule has 3 rings (SSSR count). The summed E-state index contributed by atoms with van der Waals surface area (Å²) in [6.45, 7) is 7.11. The molecular weight excluding hydrogens is 321 g/mol. The second-order valence-electron chi connectivity index (χ2n) is 4.41. The SMILES string of the molecule is [C-]#[N+]c1cc(Br)c2nc(-c3ccc(F)cc3)n(C)c2c1. The van der Waals surface area contributed by atoms with E-state index >= 15 is 0 Å². The summed E-state index contributed by atoms with van der Waals surface area (Å²) in [4.78, 5) is 8.02. The van der Waals surface area contributed by atoms with Crippen LogP contribution in [0.15, 0.2) is 40.9 Å². The van der Waals surface area contributed by atoms with Gasteiger partial charge in [-0.15, -0.1) is 0 Å². The first-order valence-electron chi connectivity index (χ1n) is 5.89. The zero-order valence-electron chi connectivity index (χ0n) is 10.6. The van der Waals surface area contributed by atoms with Gasteiger partial charge in [0.05, 0.1) is 12.1 Å². The second kappa shape index (κ2) is 4.73. The van der Waals surface area contributed by atoms with Crippen molar-refractivity contribution in [2.24, 2.45) is 7.05 Å². The number of aryl methyl sites for hydroxylation is 1. The zero-order valence-corrected chi connectivity index (χ0v) is 12.1. The van der Waals surface area contributed by atoms with Crippen LogP contribution in [0, 0.1) is 12.4 Å². The van der Waals surface area contributed by atoms with E-state index in [1.54, 1.807) is 24.3 Å². The van der Waals surface area contributed by atoms with E-state index in [-0.39, 0.29) is 5.82 Å². The molecule has 0 spiro atoms. The molecule has 2 aromatic carbocycles. The normalized spacial score (nSPS) is 10.7. The summed E-state index contributed by atoms with van der Waals surface area (Å²) in [7, 11) is 1.88. The molecule has 0 unspecified atom stereocenters. The van der Waals surface area contributed by atoms with E-state index in [1.165, 1.54) is 12.1 Å². The van der Waals surface area contributed by atoms with Gasteiger partial charge in [-0.1, -0.05) is 0 Å². The van der Waals surface area contributed by atoms with Crippen LogP contribution in [0.3, 0.4) is 0 Å². The van der Waals surface area contributed by atoms with Gasteiger partial charge in [-0.05, 0) is 52.3 Å². The summed E-state index contributed by atoms with van der Waals surface area (Å²) in [6, 6.07) is 9.76. The number of aromatic nitrogens is 2. The van der Waals surface area contributed by atoms with Gasteiger partial charge >= 0.3 is 0 Å². The maximum absolute atomic E-state index is 13.0. The number of benzene rings is 2. The molecule has 0 bridgehead atoms. The lowest BCUT2D eigenvalue weighted by atomic mass is 10.2. The third kappa shape index (κ3) is 1.98. The Bertz CT molecular complexity index is 844. The van der Waals surface area contributed by atoms with E-state index in [9.17, 15) is 4.39 Å². The molecule has 98 valence electrons. The molecule has 0 saturated heterocycles. The van der Waals surface area contributed by atoms with Gasteiger partial charge < -0.3 is 4.57 Å². The Morgan fingerprint density at radius 1 is 1.25 bits per heavy atom. The van der Waals surface area contributed by atoms with E-state index in [0.717, 1.165) is 26.9 Å². The highest BCUT2D eigenvalue weighted by Crippen LogP contribution is 2.32. The van der Waals surface area contributed by atoms with Crippen LogP contribution in [0.5, 0.6) is 0 Å². The van der Waals surface area contributed by atoms with Crippen molar-refractivity contribution in [1.29, 1.82) is 0 Å². The molecule has 20 heavy (non-hydrogen) atoms. The first kappa shape index (κ1) is 12.8. The Kier molecular flexibility index (Phi) is 3.03. The van der Waals surface area contributed by atoms with Crippen LogP contribution in [0.25, 0.3) is 27.3 Å². The molecule has 0 fully saturated rings. The fourth-order valence-electron chi connectivity index (χ4n) is 2.15. The standard InChI is InChI=1S/C15H9BrFN3/c1-18-11-7-12(16)14-13(8-11)20(2)15(19-14)9-3-5-10(17)6-4-9/h3-8H,2H3. The van der Waals surface area contributed by atoms with Crippen LogP contribution in [0.1, 0.15) is 0 Å². The van der Waals surface area contributed by atoms with Crippen LogP contribution >= 0.6 is 15.9 Å². The predicted octanol–water partition coefficient (Wildman–Crippen LogP) is 4.69. The van der Waals surface area contributed by atoms with Gasteiger partial charge in [0.2, 0.25) is 0 Å². The van der Waals surface area contributed by atoms with Gasteiger partial charge in [0.1, 0.15) is 17.2 Å². The number of halogens is 2. The van der Waals surface area contributed by atoms with E-state index in [4.69, 9.17) is 6.57 Å². The average molecular weight is 330 g/mol. The van der Waals surface area contributed by atoms with Crippen LogP contribution in [0.2, 0.25) is 0 Å². The first-order valence-corrected chi connectivity index (χ1v) is 6.69. The van der Waals surface area contributed by atoms with Crippen LogP contribution < -0.4 is 0 Å². The summed E-state index contributed by atoms with van der Waals surface area (Å²) in [6.07, 6.45) is 0. The topological polar surface area (TPSA) is 22.2 Å². The highest BCUT2D eigenvalue weighted by Gasteiger charge is 2.13. The van der Waals surface area contributed by atoms with Crippen molar-refractivity contribution in [2.75, 3.05) is 0 Å². The van der Waals surface area contributed by atoms with E-state index in [1.807, 2.05) is 11.6 Å². The molecule has 0 aliphatic rings. The van der Waals surface area contributed by atoms with Gasteiger partial charge in [-0.2, -0.15) is 0 Å². The lowest BCUT2D eigenvalue weighted by molar-refractivity contribution is 0.628. The smallest absolute Gasteiger partial charge is 0.190 e. The molecule has 3 nitrogen and oxygen atoms in total. The Labute approximate surface area is 123 Å². The number of fused-ring (bicyclic) bond motifs is 1. The summed E-state index contributed by atoms with van der Waals surface area (Å²) < 4.78 is 15.7. The summed E-state index contributed by atoms with van der Waals surface area (Å²) in [5.41, 5.74) is 3.04. The number of imidazole rings is 1. The highest BCUT2D eigenvalue weighted by atomic mass is 79.9. The van der Waals surface area contributed by atoms with Crippen molar-refractivity contribution in [3.8, 4) is 11.4 Å². The first-order chi connectivity index (χ1) is 9.60. The van der Waals surface area contributed by atoms with Gasteiger partial charge in [0.15, 0.2) is 5.69 Å². The minimum atomic E-state index is -0.274. The highest BCUT2D eigenvalue weighted by molar-refractivity contribution is 9.10. The molecule has 0 saturated carbocycles. The van der Waals surface area contributed by atoms with Crippen molar-refractivity contribution in [3.05, 3.63) is 58.1 Å². The number of nitrogens with zero attached hydrogens (tertiary/aromatic N) is 3. The quantitative estimate of drug-likeness (QED) is 0.593. The predicted molar refractivity (Wildman–Crippen MR) is 80.1 cm³/mol. The lowest BCUT2D eigenvalue weighted by Gasteiger charge is -2.02. The molecule has 0 N–H and O–H groups in total. The molecule has 0 amide bonds. The van der Waals surface area contributed by atoms with Crippen LogP contribution in [0.4, 0.5) is 10.1 Å². The van der Waals surface area contributed by atoms with E-state index in [2.05, 4.69) is 25.8 Å². The molecule has 0 atom stereocenters. The largest absolute Gasteiger partial charge is 0.328 e. The zero-order chi connectivity index (χ0) is 14.3. The summed E-state index contributed by atoms with van der Waals surface area (Å²) in [5, 5.41) is 0. The number of hydrogen-bond acceptors (Lipinski definition) is 1. The molecule has 5 heteroatoms. The minimum Gasteiger partial charge on any atom is -0.328 e. The van der Waals surface area contributed by atoms with E-state index in [0.29, 0.717) is 5.69 Å². The van der Waals surface area contributed by atoms with Gasteiger partial charge in [0.25, 0.3) is 0 Å². The fraction of sp³-hybridized carbons (Fsp3) is 0.0667. The molecular formula is C15H9BrFN3. The minimum absolute atomic E-state index is 0.274. The Morgan fingerprint density at radius 2 is 1.95 bits per heavy atom. The van der Waals surface area contributed by atoms with Gasteiger partial charge in [0, 0.05) is 17.1 Å². The van der Waals surface area contributed by atoms with Crippen molar-refractivity contribution in [3.63, 3.8) is 0 Å². The Hall–Kier alpha value is -2.19. The molecule has 0 aliphatic carbocycles. The van der Waals surface area contributed by atoms with Crippen LogP contribution in [-0.2, 0) is 7.05 Å². The summed E-state index contributed by atoms with van der Waals surface area (Å²) >= 11 is 3.44. The van der Waals surface area contributed by atoms with E-state index < -0.39 is 0 Å². The second-order valence-corrected chi connectivity index (χ2v) is 5.26. The maximum Gasteiger partial charge on any atom is 0.190 e. The summed E-state index contributed by atoms with van der Waals surface area (Å²) in [5.74, 6) is 0.465. The van der Waals surface area contributed by atoms with Gasteiger partial charge in [-0.3, -0.25) is 0 Å². The van der Waals surface area contributed by atoms with Crippen molar-refractivity contribution in [2.45, 2.75) is 0 Å². The Morgan fingerprint density at radius 3 is 2.60 bits per heavy atom. The average Bonchev–Trinajstić information content (AvgIpc) is 2.78. The monoisotopic (exact) mass is 329 g/mol. The third-order valence-electron chi connectivity index (χ3n) is 3.16. The number of hydrogen-bond donors (Lipinski definition) is 0. The van der Waals surface area contributed by atoms with Crippen molar-refractivity contribution >= 4 is 32.7 Å². The molecule has 0 aliphatic heterocycles. The van der Waals surface area contributed by atoms with Gasteiger partial charge in [-0.25, -0.2) is 14.2 Å². The Balaban J connectivity index is 2.28. The molecule has 1 aromatic heterocycles. The maximum atomic E-state index is 13.0. The fourth-order valence-corrected chi connectivity index (χ4v) is 2.68. The lowest BCUT2D eigenvalue weighted by Crippen LogP contribution is -1.92. The molecule has 0 radical (unpaired) electrons. The van der Waals surface area contributed by atoms with Crippen molar-refractivity contribution < 1.29 is 4.39 Å².